The fraction of sp³-hybridized carbons (Fsp3) is 0.0870. The number of nitrogens with zero attached hydrogens (tertiary/aromatic N) is 1. The summed E-state index contributed by atoms with van der Waals surface area (Å²) in [6.45, 7) is -0.214. The molecule has 0 bridgehead atoms. The van der Waals surface area contributed by atoms with Gasteiger partial charge in [-0.1, -0.05) is 35.3 Å². The van der Waals surface area contributed by atoms with Gasteiger partial charge in [0.1, 0.15) is 11.5 Å². The molecule has 1 aliphatic heterocycles. The quantitative estimate of drug-likeness (QED) is 0.229. The highest BCUT2D eigenvalue weighted by molar-refractivity contribution is 6.34. The molecule has 0 unspecified atom stereocenters. The Balaban J connectivity index is 1.35. The third-order valence-corrected chi connectivity index (χ3v) is 4.92. The first kappa shape index (κ1) is 22.4. The molecule has 1 amide bonds. The largest absolute Gasteiger partial charge is 0.482 e. The van der Waals surface area contributed by atoms with Crippen LogP contribution in [0.5, 0.6) is 23.0 Å². The summed E-state index contributed by atoms with van der Waals surface area (Å²) in [5.74, 6) is 0.492. The standard InChI is InChI=1S/C23H16Cl2N2O6/c24-16-6-7-17(25)20(10-16)30-12-22(28)27-26-11-15-3-1-2-4-18(15)33-23(29)14-5-8-19-21(9-14)32-13-31-19/h1-11H,12-13H2,(H,27,28)/b26-11+. The van der Waals surface area contributed by atoms with E-state index < -0.39 is 11.9 Å². The lowest BCUT2D eigenvalue weighted by Gasteiger charge is -2.08. The zero-order valence-corrected chi connectivity index (χ0v) is 18.4. The van der Waals surface area contributed by atoms with Crippen LogP contribution in [-0.2, 0) is 4.79 Å². The second-order valence-electron chi connectivity index (χ2n) is 6.65. The molecule has 3 aromatic rings. The van der Waals surface area contributed by atoms with Gasteiger partial charge in [-0.25, -0.2) is 10.2 Å². The van der Waals surface area contributed by atoms with E-state index in [1.165, 1.54) is 12.3 Å². The number of rotatable bonds is 7. The molecule has 1 N–H and O–H groups in total. The van der Waals surface area contributed by atoms with Crippen molar-refractivity contribution in [3.8, 4) is 23.0 Å². The first-order valence-electron chi connectivity index (χ1n) is 9.60. The molecule has 4 rings (SSSR count). The van der Waals surface area contributed by atoms with Crippen LogP contribution in [0.15, 0.2) is 65.8 Å². The van der Waals surface area contributed by atoms with Crippen LogP contribution in [0.25, 0.3) is 0 Å². The van der Waals surface area contributed by atoms with Crippen molar-refractivity contribution >= 4 is 41.3 Å². The monoisotopic (exact) mass is 486 g/mol. The van der Waals surface area contributed by atoms with E-state index in [1.807, 2.05) is 0 Å². The number of carbonyl (C=O) groups is 2. The average Bonchev–Trinajstić information content (AvgIpc) is 3.29. The normalized spacial score (nSPS) is 11.9. The molecule has 8 nitrogen and oxygen atoms in total. The fourth-order valence-corrected chi connectivity index (χ4v) is 3.13. The number of halogens is 2. The Hall–Kier alpha value is -3.75. The predicted octanol–water partition coefficient (Wildman–Crippen LogP) is 4.47. The van der Waals surface area contributed by atoms with E-state index in [4.69, 9.17) is 42.1 Å². The van der Waals surface area contributed by atoms with Crippen molar-refractivity contribution in [3.63, 3.8) is 0 Å². The van der Waals surface area contributed by atoms with Gasteiger partial charge < -0.3 is 18.9 Å². The van der Waals surface area contributed by atoms with Crippen LogP contribution in [0.4, 0.5) is 0 Å². The molecular weight excluding hydrogens is 471 g/mol. The van der Waals surface area contributed by atoms with E-state index in [2.05, 4.69) is 10.5 Å². The molecule has 168 valence electrons. The van der Waals surface area contributed by atoms with Crippen molar-refractivity contribution in [2.45, 2.75) is 0 Å². The van der Waals surface area contributed by atoms with E-state index in [-0.39, 0.29) is 24.9 Å². The van der Waals surface area contributed by atoms with Gasteiger partial charge in [-0.2, -0.15) is 5.10 Å². The summed E-state index contributed by atoms with van der Waals surface area (Å²) in [7, 11) is 0. The number of carbonyl (C=O) groups excluding carboxylic acids is 2. The van der Waals surface area contributed by atoms with Gasteiger partial charge in [0.25, 0.3) is 5.91 Å². The Labute approximate surface area is 198 Å². The number of esters is 1. The third-order valence-electron chi connectivity index (χ3n) is 4.37. The molecular formula is C23H16Cl2N2O6. The minimum Gasteiger partial charge on any atom is -0.482 e. The number of amides is 1. The average molecular weight is 487 g/mol. The summed E-state index contributed by atoms with van der Waals surface area (Å²) >= 11 is 11.9. The van der Waals surface area contributed by atoms with Crippen LogP contribution in [0.1, 0.15) is 15.9 Å². The molecule has 0 saturated carbocycles. The molecule has 0 aromatic heterocycles. The number of ether oxygens (including phenoxy) is 4. The maximum Gasteiger partial charge on any atom is 0.343 e. The van der Waals surface area contributed by atoms with E-state index in [0.717, 1.165) is 0 Å². The highest BCUT2D eigenvalue weighted by Gasteiger charge is 2.18. The Bertz CT molecular complexity index is 1230. The van der Waals surface area contributed by atoms with Crippen LogP contribution in [0.2, 0.25) is 10.0 Å². The molecule has 1 heterocycles. The van der Waals surface area contributed by atoms with Crippen molar-refractivity contribution in [2.24, 2.45) is 5.10 Å². The first-order chi connectivity index (χ1) is 16.0. The molecule has 1 aliphatic rings. The van der Waals surface area contributed by atoms with Gasteiger partial charge in [0, 0.05) is 16.7 Å². The number of fused-ring (bicyclic) bond motifs is 1. The molecule has 0 spiro atoms. The lowest BCUT2D eigenvalue weighted by molar-refractivity contribution is -0.123. The van der Waals surface area contributed by atoms with Crippen molar-refractivity contribution < 1.29 is 28.5 Å². The highest BCUT2D eigenvalue weighted by Crippen LogP contribution is 2.33. The number of benzene rings is 3. The van der Waals surface area contributed by atoms with E-state index in [1.54, 1.807) is 54.6 Å². The molecule has 0 atom stereocenters. The van der Waals surface area contributed by atoms with Gasteiger partial charge in [-0.15, -0.1) is 0 Å². The Morgan fingerprint density at radius 1 is 1.00 bits per heavy atom. The maximum atomic E-state index is 12.5. The van der Waals surface area contributed by atoms with E-state index >= 15 is 0 Å². The number of hydrogen-bond donors (Lipinski definition) is 1. The second-order valence-corrected chi connectivity index (χ2v) is 7.50. The molecule has 0 saturated heterocycles. The van der Waals surface area contributed by atoms with Crippen LogP contribution < -0.4 is 24.4 Å². The zero-order chi connectivity index (χ0) is 23.2. The summed E-state index contributed by atoms with van der Waals surface area (Å²) < 4.78 is 21.4. The zero-order valence-electron chi connectivity index (χ0n) is 16.9. The van der Waals surface area contributed by atoms with Gasteiger partial charge in [0.05, 0.1) is 16.8 Å². The van der Waals surface area contributed by atoms with E-state index in [0.29, 0.717) is 32.7 Å². The SMILES string of the molecule is O=C(COc1cc(Cl)ccc1Cl)N/N=C/c1ccccc1OC(=O)c1ccc2c(c1)OCO2. The lowest BCUT2D eigenvalue weighted by atomic mass is 10.2. The molecule has 33 heavy (non-hydrogen) atoms. The molecule has 0 fully saturated rings. The van der Waals surface area contributed by atoms with Gasteiger partial charge in [-0.3, -0.25) is 4.79 Å². The topological polar surface area (TPSA) is 95.5 Å². The summed E-state index contributed by atoms with van der Waals surface area (Å²) in [6.07, 6.45) is 1.35. The Kier molecular flexibility index (Phi) is 6.97. The maximum absolute atomic E-state index is 12.5. The van der Waals surface area contributed by atoms with Gasteiger partial charge in [0.15, 0.2) is 18.1 Å². The van der Waals surface area contributed by atoms with Crippen molar-refractivity contribution in [1.82, 2.24) is 5.43 Å². The van der Waals surface area contributed by atoms with Crippen LogP contribution >= 0.6 is 23.2 Å². The summed E-state index contributed by atoms with van der Waals surface area (Å²) in [6, 6.07) is 16.2. The van der Waals surface area contributed by atoms with Crippen LogP contribution in [0, 0.1) is 0 Å². The predicted molar refractivity (Wildman–Crippen MR) is 122 cm³/mol. The smallest absolute Gasteiger partial charge is 0.343 e. The molecule has 3 aromatic carbocycles. The Morgan fingerprint density at radius 3 is 2.70 bits per heavy atom. The van der Waals surface area contributed by atoms with Crippen molar-refractivity contribution in [2.75, 3.05) is 13.4 Å². The first-order valence-corrected chi connectivity index (χ1v) is 10.4. The van der Waals surface area contributed by atoms with Gasteiger partial charge in [-0.05, 0) is 42.5 Å². The summed E-state index contributed by atoms with van der Waals surface area (Å²) in [4.78, 5) is 24.6. The number of hydrazone groups is 1. The lowest BCUT2D eigenvalue weighted by Crippen LogP contribution is -2.24. The third kappa shape index (κ3) is 5.74. The molecule has 0 aliphatic carbocycles. The Morgan fingerprint density at radius 2 is 1.82 bits per heavy atom. The summed E-state index contributed by atoms with van der Waals surface area (Å²) in [5.41, 5.74) is 3.11. The van der Waals surface area contributed by atoms with Gasteiger partial charge >= 0.3 is 5.97 Å². The number of hydrogen-bond acceptors (Lipinski definition) is 7. The molecule has 0 radical (unpaired) electrons. The minimum absolute atomic E-state index is 0.107. The van der Waals surface area contributed by atoms with E-state index in [9.17, 15) is 9.59 Å². The highest BCUT2D eigenvalue weighted by atomic mass is 35.5. The van der Waals surface area contributed by atoms with Gasteiger partial charge in [0.2, 0.25) is 6.79 Å². The van der Waals surface area contributed by atoms with Crippen LogP contribution in [0.3, 0.4) is 0 Å². The number of para-hydroxylation sites is 1. The van der Waals surface area contributed by atoms with Crippen LogP contribution in [-0.4, -0.2) is 31.5 Å². The molecule has 10 heteroatoms. The number of nitrogens with one attached hydrogen (secondary N) is 1. The van der Waals surface area contributed by atoms with Crippen molar-refractivity contribution in [1.29, 1.82) is 0 Å². The minimum atomic E-state index is -0.579. The summed E-state index contributed by atoms with van der Waals surface area (Å²) in [5, 5.41) is 4.65. The second kappa shape index (κ2) is 10.2. The van der Waals surface area contributed by atoms with Crippen molar-refractivity contribution in [3.05, 3.63) is 81.8 Å². The fourth-order valence-electron chi connectivity index (χ4n) is 2.80.